The van der Waals surface area contributed by atoms with Crippen molar-refractivity contribution in [2.24, 2.45) is 0 Å². The largest absolute Gasteiger partial charge is 0.463 e. The molecule has 0 aliphatic heterocycles. The molecule has 0 N–H and O–H groups in total. The summed E-state index contributed by atoms with van der Waals surface area (Å²) in [7, 11) is 0. The number of hydrogen-bond donors (Lipinski definition) is 0. The summed E-state index contributed by atoms with van der Waals surface area (Å²) in [5.41, 5.74) is 1.24. The molecular weight excluding hydrogens is 263 g/mol. The van der Waals surface area contributed by atoms with Gasteiger partial charge in [-0.3, -0.25) is 0 Å². The second-order valence-corrected chi connectivity index (χ2v) is 4.97. The summed E-state index contributed by atoms with van der Waals surface area (Å²) in [5.74, 6) is 0.942. The average Bonchev–Trinajstić information content (AvgIpc) is 2.45. The summed E-state index contributed by atoms with van der Waals surface area (Å²) in [4.78, 5) is 0. The van der Waals surface area contributed by atoms with E-state index in [0.29, 0.717) is 0 Å². The van der Waals surface area contributed by atoms with E-state index in [2.05, 4.69) is 22.0 Å². The van der Waals surface area contributed by atoms with Crippen molar-refractivity contribution in [3.8, 4) is 0 Å². The molecule has 14 heavy (non-hydrogen) atoms. The highest BCUT2D eigenvalue weighted by Crippen LogP contribution is 2.32. The Morgan fingerprint density at radius 2 is 2.29 bits per heavy atom. The van der Waals surface area contributed by atoms with Gasteiger partial charge in [-0.15, -0.1) is 11.6 Å². The van der Waals surface area contributed by atoms with Gasteiger partial charge >= 0.3 is 0 Å². The highest BCUT2D eigenvalue weighted by Gasteiger charge is 2.15. The van der Waals surface area contributed by atoms with E-state index >= 15 is 0 Å². The van der Waals surface area contributed by atoms with E-state index in [-0.39, 0.29) is 5.38 Å². The Labute approximate surface area is 97.3 Å². The van der Waals surface area contributed by atoms with Crippen LogP contribution in [0.2, 0.25) is 0 Å². The summed E-state index contributed by atoms with van der Waals surface area (Å²) in [6, 6.07) is 1.92. The predicted octanol–water partition coefficient (Wildman–Crippen LogP) is 4.61. The first-order valence-electron chi connectivity index (χ1n) is 4.85. The van der Waals surface area contributed by atoms with Crippen molar-refractivity contribution in [2.75, 3.05) is 0 Å². The Balaban J connectivity index is 2.28. The molecule has 1 heterocycles. The Kier molecular flexibility index (Phi) is 3.34. The van der Waals surface area contributed by atoms with Crippen LogP contribution in [0.5, 0.6) is 0 Å². The highest BCUT2D eigenvalue weighted by molar-refractivity contribution is 9.10. The first kappa shape index (κ1) is 10.3. The topological polar surface area (TPSA) is 13.1 Å². The average molecular weight is 276 g/mol. The number of halogens is 2. The predicted molar refractivity (Wildman–Crippen MR) is 62.5 cm³/mol. The van der Waals surface area contributed by atoms with E-state index in [4.69, 9.17) is 16.0 Å². The summed E-state index contributed by atoms with van der Waals surface area (Å²) in [6.45, 7) is 0. The Morgan fingerprint density at radius 1 is 1.43 bits per heavy atom. The molecule has 0 saturated carbocycles. The molecule has 1 aromatic rings. The van der Waals surface area contributed by atoms with Crippen molar-refractivity contribution in [2.45, 2.75) is 31.1 Å². The third-order valence-electron chi connectivity index (χ3n) is 2.47. The maximum atomic E-state index is 6.15. The van der Waals surface area contributed by atoms with Crippen molar-refractivity contribution in [1.82, 2.24) is 0 Å². The van der Waals surface area contributed by atoms with E-state index in [0.717, 1.165) is 23.1 Å². The molecule has 1 aromatic heterocycles. The molecule has 2 rings (SSSR count). The van der Waals surface area contributed by atoms with Crippen LogP contribution in [0, 0.1) is 0 Å². The molecule has 0 spiro atoms. The first-order chi connectivity index (χ1) is 6.77. The summed E-state index contributed by atoms with van der Waals surface area (Å²) < 4.78 is 6.46. The van der Waals surface area contributed by atoms with Crippen molar-refractivity contribution >= 4 is 33.1 Å². The standard InChI is InChI=1S/C11H12BrClO/c12-10-5-6-14-11(10)8-3-1-2-4-9(13)7-8/h5-7,9H,1-4H2. The van der Waals surface area contributed by atoms with E-state index in [9.17, 15) is 0 Å². The maximum Gasteiger partial charge on any atom is 0.143 e. The van der Waals surface area contributed by atoms with Crippen molar-refractivity contribution < 1.29 is 4.42 Å². The lowest BCUT2D eigenvalue weighted by Gasteiger charge is -2.02. The molecule has 1 aliphatic rings. The molecule has 1 aliphatic carbocycles. The molecule has 0 saturated heterocycles. The van der Waals surface area contributed by atoms with Gasteiger partial charge in [0.1, 0.15) is 5.76 Å². The van der Waals surface area contributed by atoms with Crippen LogP contribution in [0.3, 0.4) is 0 Å². The van der Waals surface area contributed by atoms with Gasteiger partial charge in [-0.2, -0.15) is 0 Å². The lowest BCUT2D eigenvalue weighted by Crippen LogP contribution is -1.91. The smallest absolute Gasteiger partial charge is 0.143 e. The Morgan fingerprint density at radius 3 is 3.00 bits per heavy atom. The molecule has 0 amide bonds. The van der Waals surface area contributed by atoms with Gasteiger partial charge in [-0.25, -0.2) is 0 Å². The fourth-order valence-corrected chi connectivity index (χ4v) is 2.51. The quantitative estimate of drug-likeness (QED) is 0.682. The van der Waals surface area contributed by atoms with Gasteiger partial charge in [0.2, 0.25) is 0 Å². The molecule has 0 aromatic carbocycles. The van der Waals surface area contributed by atoms with Crippen molar-refractivity contribution in [1.29, 1.82) is 0 Å². The van der Waals surface area contributed by atoms with Crippen LogP contribution in [0.25, 0.3) is 5.57 Å². The van der Waals surface area contributed by atoms with Crippen LogP contribution in [0.15, 0.2) is 27.3 Å². The molecule has 0 fully saturated rings. The Bertz CT molecular complexity index is 343. The number of hydrogen-bond acceptors (Lipinski definition) is 1. The van der Waals surface area contributed by atoms with Gasteiger partial charge in [0.25, 0.3) is 0 Å². The maximum absolute atomic E-state index is 6.15. The van der Waals surface area contributed by atoms with Crippen LogP contribution < -0.4 is 0 Å². The SMILES string of the molecule is ClC1C=C(c2occc2Br)CCCC1. The molecule has 0 radical (unpaired) electrons. The van der Waals surface area contributed by atoms with Crippen LogP contribution >= 0.6 is 27.5 Å². The molecule has 76 valence electrons. The number of allylic oxidation sites excluding steroid dienone is 2. The van der Waals surface area contributed by atoms with Gasteiger partial charge in [0, 0.05) is 0 Å². The molecule has 3 heteroatoms. The highest BCUT2D eigenvalue weighted by atomic mass is 79.9. The molecule has 1 unspecified atom stereocenters. The third-order valence-corrected chi connectivity index (χ3v) is 3.44. The van der Waals surface area contributed by atoms with Gasteiger partial charge in [0.15, 0.2) is 0 Å². The minimum atomic E-state index is 0.157. The fraction of sp³-hybridized carbons (Fsp3) is 0.455. The van der Waals surface area contributed by atoms with Crippen LogP contribution in [-0.4, -0.2) is 5.38 Å². The minimum absolute atomic E-state index is 0.157. The zero-order chi connectivity index (χ0) is 9.97. The summed E-state index contributed by atoms with van der Waals surface area (Å²) >= 11 is 9.62. The summed E-state index contributed by atoms with van der Waals surface area (Å²) in [6.07, 6.45) is 8.36. The van der Waals surface area contributed by atoms with Gasteiger partial charge in [-0.1, -0.05) is 12.5 Å². The first-order valence-corrected chi connectivity index (χ1v) is 6.08. The lowest BCUT2D eigenvalue weighted by molar-refractivity contribution is 0.547. The van der Waals surface area contributed by atoms with E-state index in [1.54, 1.807) is 6.26 Å². The zero-order valence-corrected chi connectivity index (χ0v) is 10.1. The number of alkyl halides is 1. The van der Waals surface area contributed by atoms with Gasteiger partial charge in [0.05, 0.1) is 16.1 Å². The second-order valence-electron chi connectivity index (χ2n) is 3.55. The molecule has 1 atom stereocenters. The van der Waals surface area contributed by atoms with Crippen molar-refractivity contribution in [3.05, 3.63) is 28.6 Å². The lowest BCUT2D eigenvalue weighted by atomic mass is 10.1. The van der Waals surface area contributed by atoms with E-state index < -0.39 is 0 Å². The van der Waals surface area contributed by atoms with E-state index in [1.165, 1.54) is 18.4 Å². The van der Waals surface area contributed by atoms with Crippen LogP contribution in [-0.2, 0) is 0 Å². The van der Waals surface area contributed by atoms with Gasteiger partial charge in [-0.05, 0) is 46.8 Å². The summed E-state index contributed by atoms with van der Waals surface area (Å²) in [5, 5.41) is 0.157. The normalized spacial score (nSPS) is 23.0. The monoisotopic (exact) mass is 274 g/mol. The zero-order valence-electron chi connectivity index (χ0n) is 7.80. The second kappa shape index (κ2) is 4.54. The molecular formula is C11H12BrClO. The minimum Gasteiger partial charge on any atom is -0.463 e. The number of rotatable bonds is 1. The van der Waals surface area contributed by atoms with Crippen molar-refractivity contribution in [3.63, 3.8) is 0 Å². The van der Waals surface area contributed by atoms with Crippen LogP contribution in [0.1, 0.15) is 31.4 Å². The molecule has 0 bridgehead atoms. The molecule has 1 nitrogen and oxygen atoms in total. The van der Waals surface area contributed by atoms with E-state index in [1.807, 2.05) is 6.07 Å². The number of furan rings is 1. The van der Waals surface area contributed by atoms with Crippen LogP contribution in [0.4, 0.5) is 0 Å². The van der Waals surface area contributed by atoms with Gasteiger partial charge < -0.3 is 4.42 Å². The fourth-order valence-electron chi connectivity index (χ4n) is 1.75. The third kappa shape index (κ3) is 2.23. The Hall–Kier alpha value is -0.210.